The fraction of sp³-hybridized carbons (Fsp3) is 0.529. The zero-order valence-electron chi connectivity index (χ0n) is 15.9. The molecule has 1 amide bonds. The van der Waals surface area contributed by atoms with Gasteiger partial charge in [-0.25, -0.2) is 13.4 Å². The third kappa shape index (κ3) is 5.02. The summed E-state index contributed by atoms with van der Waals surface area (Å²) in [5.41, 5.74) is 1.12. The van der Waals surface area contributed by atoms with Crippen molar-refractivity contribution in [3.8, 4) is 0 Å². The molecule has 28 heavy (non-hydrogen) atoms. The van der Waals surface area contributed by atoms with E-state index in [0.29, 0.717) is 29.9 Å². The molecule has 0 atom stereocenters. The minimum atomic E-state index is -4.46. The lowest BCUT2D eigenvalue weighted by Crippen LogP contribution is -2.33. The van der Waals surface area contributed by atoms with Gasteiger partial charge >= 0.3 is 6.18 Å². The molecule has 0 unspecified atom stereocenters. The van der Waals surface area contributed by atoms with Crippen LogP contribution in [0.5, 0.6) is 0 Å². The van der Waals surface area contributed by atoms with Gasteiger partial charge in [0.05, 0.1) is 15.9 Å². The Morgan fingerprint density at radius 2 is 1.89 bits per heavy atom. The van der Waals surface area contributed by atoms with Crippen molar-refractivity contribution < 1.29 is 26.4 Å². The summed E-state index contributed by atoms with van der Waals surface area (Å²) in [6.45, 7) is 2.82. The van der Waals surface area contributed by atoms with E-state index < -0.39 is 28.7 Å². The average Bonchev–Trinajstić information content (AvgIpc) is 2.94. The predicted octanol–water partition coefficient (Wildman–Crippen LogP) is 2.21. The van der Waals surface area contributed by atoms with Gasteiger partial charge in [0, 0.05) is 33.0 Å². The topological polar surface area (TPSA) is 84.3 Å². The van der Waals surface area contributed by atoms with Gasteiger partial charge in [0.1, 0.15) is 12.4 Å². The maximum atomic E-state index is 12.6. The molecule has 11 heteroatoms. The van der Waals surface area contributed by atoms with Crippen molar-refractivity contribution in [3.63, 3.8) is 0 Å². The molecule has 1 heterocycles. The summed E-state index contributed by atoms with van der Waals surface area (Å²) in [7, 11) is -1.92. The first-order chi connectivity index (χ1) is 13.0. The van der Waals surface area contributed by atoms with E-state index in [1.807, 2.05) is 5.32 Å². The van der Waals surface area contributed by atoms with Gasteiger partial charge in [-0.2, -0.15) is 17.5 Å². The number of alkyl halides is 3. The summed E-state index contributed by atoms with van der Waals surface area (Å²) in [4.78, 5) is 16.1. The van der Waals surface area contributed by atoms with Crippen molar-refractivity contribution in [2.75, 3.05) is 19.6 Å². The van der Waals surface area contributed by atoms with Crippen LogP contribution in [-0.2, 0) is 28.3 Å². The highest BCUT2D eigenvalue weighted by molar-refractivity contribution is 7.89. The van der Waals surface area contributed by atoms with Crippen LogP contribution < -0.4 is 5.32 Å². The van der Waals surface area contributed by atoms with Gasteiger partial charge in [-0.15, -0.1) is 0 Å². The van der Waals surface area contributed by atoms with Crippen LogP contribution >= 0.6 is 0 Å². The number of fused-ring (bicyclic) bond motifs is 1. The van der Waals surface area contributed by atoms with Crippen LogP contribution in [0.25, 0.3) is 11.0 Å². The highest BCUT2D eigenvalue weighted by atomic mass is 32.2. The summed E-state index contributed by atoms with van der Waals surface area (Å²) >= 11 is 0. The quantitative estimate of drug-likeness (QED) is 0.710. The minimum Gasteiger partial charge on any atom is -0.347 e. The predicted molar refractivity (Wildman–Crippen MR) is 98.2 cm³/mol. The maximum absolute atomic E-state index is 12.6. The van der Waals surface area contributed by atoms with Crippen molar-refractivity contribution >= 4 is 27.0 Å². The summed E-state index contributed by atoms with van der Waals surface area (Å²) < 4.78 is 64.7. The van der Waals surface area contributed by atoms with E-state index in [0.717, 1.165) is 0 Å². The Balaban J connectivity index is 2.20. The van der Waals surface area contributed by atoms with E-state index in [-0.39, 0.29) is 17.7 Å². The summed E-state index contributed by atoms with van der Waals surface area (Å²) in [6, 6.07) is 4.60. The molecule has 0 aliphatic rings. The number of carbonyl (C=O) groups is 1. The maximum Gasteiger partial charge on any atom is 0.405 e. The lowest BCUT2D eigenvalue weighted by molar-refractivity contribution is -0.138. The number of sulfonamides is 1. The molecule has 0 radical (unpaired) electrons. The molecule has 0 fully saturated rings. The third-order valence-electron chi connectivity index (χ3n) is 4.35. The van der Waals surface area contributed by atoms with Crippen LogP contribution in [0.2, 0.25) is 0 Å². The summed E-state index contributed by atoms with van der Waals surface area (Å²) in [5, 5.41) is 1.81. The molecule has 0 spiro atoms. The number of carbonyl (C=O) groups excluding carboxylic acids is 1. The highest BCUT2D eigenvalue weighted by Gasteiger charge is 2.27. The monoisotopic (exact) mass is 420 g/mol. The Morgan fingerprint density at radius 3 is 2.46 bits per heavy atom. The van der Waals surface area contributed by atoms with Crippen LogP contribution in [0.1, 0.15) is 26.1 Å². The van der Waals surface area contributed by atoms with Gasteiger partial charge in [0.15, 0.2) is 0 Å². The fourth-order valence-electron chi connectivity index (χ4n) is 2.84. The Hall–Kier alpha value is -2.14. The first kappa shape index (κ1) is 22.2. The van der Waals surface area contributed by atoms with Crippen LogP contribution in [0.15, 0.2) is 23.1 Å². The molecule has 0 saturated carbocycles. The van der Waals surface area contributed by atoms with E-state index in [4.69, 9.17) is 0 Å². The number of nitrogens with one attached hydrogen (secondary N) is 1. The molecule has 0 saturated heterocycles. The van der Waals surface area contributed by atoms with Crippen LogP contribution in [-0.4, -0.2) is 54.0 Å². The number of aryl methyl sites for hydroxylation is 2. The SMILES string of the molecule is CCN(CC)S(=O)(=O)c1ccc2c(c1)nc(CCC(=O)NCC(F)(F)F)n2C. The van der Waals surface area contributed by atoms with Gasteiger partial charge < -0.3 is 9.88 Å². The standard InChI is InChI=1S/C17H23F3N4O3S/c1-4-24(5-2)28(26,27)12-6-7-14-13(10-12)22-15(23(14)3)8-9-16(25)21-11-17(18,19)20/h6-7,10H,4-5,8-9,11H2,1-3H3,(H,21,25). The third-order valence-corrected chi connectivity index (χ3v) is 6.40. The molecule has 1 aromatic carbocycles. The molecule has 1 N–H and O–H groups in total. The second-order valence-corrected chi connectivity index (χ2v) is 8.16. The van der Waals surface area contributed by atoms with Gasteiger partial charge in [-0.1, -0.05) is 13.8 Å². The lowest BCUT2D eigenvalue weighted by Gasteiger charge is -2.18. The average molecular weight is 420 g/mol. The van der Waals surface area contributed by atoms with E-state index >= 15 is 0 Å². The van der Waals surface area contributed by atoms with Crippen molar-refractivity contribution in [2.24, 2.45) is 7.05 Å². The Bertz CT molecular complexity index is 950. The van der Waals surface area contributed by atoms with Crippen molar-refractivity contribution in [1.29, 1.82) is 0 Å². The molecule has 1 aromatic heterocycles. The first-order valence-electron chi connectivity index (χ1n) is 8.78. The Kier molecular flexibility index (Phi) is 6.71. The number of hydrogen-bond acceptors (Lipinski definition) is 4. The number of benzene rings is 1. The molecule has 156 valence electrons. The minimum absolute atomic E-state index is 0.122. The van der Waals surface area contributed by atoms with Gasteiger partial charge in [-0.3, -0.25) is 4.79 Å². The van der Waals surface area contributed by atoms with Gasteiger partial charge in [0.2, 0.25) is 15.9 Å². The largest absolute Gasteiger partial charge is 0.405 e. The molecule has 7 nitrogen and oxygen atoms in total. The first-order valence-corrected chi connectivity index (χ1v) is 10.2. The lowest BCUT2D eigenvalue weighted by atomic mass is 10.3. The number of nitrogens with zero attached hydrogens (tertiary/aromatic N) is 3. The molecule has 2 aromatic rings. The highest BCUT2D eigenvalue weighted by Crippen LogP contribution is 2.22. The fourth-order valence-corrected chi connectivity index (χ4v) is 4.32. The van der Waals surface area contributed by atoms with Crippen molar-refractivity contribution in [1.82, 2.24) is 19.2 Å². The number of aromatic nitrogens is 2. The number of imidazole rings is 1. The van der Waals surface area contributed by atoms with Gasteiger partial charge in [-0.05, 0) is 18.2 Å². The normalized spacial score (nSPS) is 12.7. The van der Waals surface area contributed by atoms with E-state index in [9.17, 15) is 26.4 Å². The van der Waals surface area contributed by atoms with Crippen molar-refractivity contribution in [2.45, 2.75) is 37.8 Å². The van der Waals surface area contributed by atoms with E-state index in [2.05, 4.69) is 4.98 Å². The number of amides is 1. The van der Waals surface area contributed by atoms with Crippen LogP contribution in [0.4, 0.5) is 13.2 Å². The molecule has 0 aliphatic carbocycles. The van der Waals surface area contributed by atoms with Crippen LogP contribution in [0.3, 0.4) is 0 Å². The molecular formula is C17H23F3N4O3S. The van der Waals surface area contributed by atoms with Gasteiger partial charge in [0.25, 0.3) is 0 Å². The van der Waals surface area contributed by atoms with E-state index in [1.54, 1.807) is 31.5 Å². The summed E-state index contributed by atoms with van der Waals surface area (Å²) in [5.74, 6) is -0.247. The number of hydrogen-bond donors (Lipinski definition) is 1. The zero-order valence-corrected chi connectivity index (χ0v) is 16.7. The Labute approximate surface area is 161 Å². The molecular weight excluding hydrogens is 397 g/mol. The number of halogens is 3. The molecule has 0 bridgehead atoms. The van der Waals surface area contributed by atoms with Crippen LogP contribution in [0, 0.1) is 0 Å². The second kappa shape index (κ2) is 8.48. The molecule has 0 aliphatic heterocycles. The zero-order chi connectivity index (χ0) is 21.1. The second-order valence-electron chi connectivity index (χ2n) is 6.22. The van der Waals surface area contributed by atoms with E-state index in [1.165, 1.54) is 16.4 Å². The van der Waals surface area contributed by atoms with Crippen molar-refractivity contribution in [3.05, 3.63) is 24.0 Å². The molecule has 2 rings (SSSR count). The summed E-state index contributed by atoms with van der Waals surface area (Å²) in [6.07, 6.45) is -4.48. The smallest absolute Gasteiger partial charge is 0.347 e. The number of rotatable bonds is 8. The Morgan fingerprint density at radius 1 is 1.25 bits per heavy atom.